The highest BCUT2D eigenvalue weighted by Crippen LogP contribution is 2.29. The third-order valence-electron chi connectivity index (χ3n) is 3.21. The summed E-state index contributed by atoms with van der Waals surface area (Å²) in [6.45, 7) is 4.62. The maximum Gasteiger partial charge on any atom is 0.122 e. The first-order valence-electron chi connectivity index (χ1n) is 5.84. The molecule has 94 valence electrons. The molecule has 1 aliphatic carbocycles. The van der Waals surface area contributed by atoms with Crippen LogP contribution in [0.2, 0.25) is 0 Å². The molecule has 2 rings (SSSR count). The number of ether oxygens (including phenoxy) is 1. The van der Waals surface area contributed by atoms with E-state index in [1.165, 1.54) is 17.5 Å². The van der Waals surface area contributed by atoms with Gasteiger partial charge in [0.05, 0.1) is 7.11 Å². The van der Waals surface area contributed by atoms with Crippen molar-refractivity contribution < 1.29 is 4.74 Å². The predicted octanol–water partition coefficient (Wildman–Crippen LogP) is 2.75. The molecule has 1 aliphatic rings. The van der Waals surface area contributed by atoms with Crippen molar-refractivity contribution >= 4 is 12.4 Å². The summed E-state index contributed by atoms with van der Waals surface area (Å²) in [4.78, 5) is 0. The molecule has 0 aliphatic heterocycles. The molecule has 2 nitrogen and oxygen atoms in total. The fourth-order valence-electron chi connectivity index (χ4n) is 2.37. The van der Waals surface area contributed by atoms with Gasteiger partial charge in [0.2, 0.25) is 0 Å². The van der Waals surface area contributed by atoms with Gasteiger partial charge in [-0.15, -0.1) is 19.0 Å². The molecule has 17 heavy (non-hydrogen) atoms. The molecule has 0 spiro atoms. The van der Waals surface area contributed by atoms with E-state index in [-0.39, 0.29) is 12.4 Å². The summed E-state index contributed by atoms with van der Waals surface area (Å²) in [5.41, 5.74) is 2.81. The lowest BCUT2D eigenvalue weighted by Gasteiger charge is -2.26. The number of fused-ring (bicyclic) bond motifs is 1. The van der Waals surface area contributed by atoms with Crippen molar-refractivity contribution in [1.29, 1.82) is 0 Å². The lowest BCUT2D eigenvalue weighted by atomic mass is 9.87. The van der Waals surface area contributed by atoms with Gasteiger partial charge in [0.25, 0.3) is 0 Å². The monoisotopic (exact) mass is 253 g/mol. The number of nitrogens with one attached hydrogen (secondary N) is 1. The summed E-state index contributed by atoms with van der Waals surface area (Å²) < 4.78 is 5.42. The molecule has 1 aromatic carbocycles. The fraction of sp³-hybridized carbons (Fsp3) is 0.429. The smallest absolute Gasteiger partial charge is 0.122 e. The Morgan fingerprint density at radius 3 is 3.06 bits per heavy atom. The summed E-state index contributed by atoms with van der Waals surface area (Å²) in [7, 11) is 1.75. The highest BCUT2D eigenvalue weighted by molar-refractivity contribution is 5.85. The molecule has 0 fully saturated rings. The van der Waals surface area contributed by atoms with Crippen molar-refractivity contribution in [2.45, 2.75) is 25.3 Å². The zero-order valence-corrected chi connectivity index (χ0v) is 11.1. The number of hydrogen-bond acceptors (Lipinski definition) is 2. The summed E-state index contributed by atoms with van der Waals surface area (Å²) in [5, 5.41) is 3.49. The van der Waals surface area contributed by atoms with E-state index in [9.17, 15) is 0 Å². The van der Waals surface area contributed by atoms with Crippen LogP contribution in [0.5, 0.6) is 5.75 Å². The van der Waals surface area contributed by atoms with Crippen LogP contribution < -0.4 is 10.1 Å². The van der Waals surface area contributed by atoms with Crippen LogP contribution in [-0.2, 0) is 12.8 Å². The normalized spacial score (nSPS) is 17.8. The van der Waals surface area contributed by atoms with Crippen LogP contribution in [0.1, 0.15) is 17.5 Å². The standard InChI is InChI=1S/C14H19NO.ClH/c1-3-9-15-12-8-7-11-5-4-6-14(16-2)13(11)10-12;/h3-6,12,15H,1,7-10H2,2H3;1H. The Bertz CT molecular complexity index is 364. The largest absolute Gasteiger partial charge is 0.496 e. The molecule has 1 unspecified atom stereocenters. The maximum atomic E-state index is 5.42. The summed E-state index contributed by atoms with van der Waals surface area (Å²) in [5.74, 6) is 1.03. The minimum absolute atomic E-state index is 0. The second-order valence-corrected chi connectivity index (χ2v) is 4.23. The van der Waals surface area contributed by atoms with Gasteiger partial charge in [-0.2, -0.15) is 0 Å². The molecule has 0 bridgehead atoms. The Morgan fingerprint density at radius 2 is 2.35 bits per heavy atom. The minimum atomic E-state index is 0. The highest BCUT2D eigenvalue weighted by Gasteiger charge is 2.20. The van der Waals surface area contributed by atoms with Gasteiger partial charge in [0, 0.05) is 12.6 Å². The lowest BCUT2D eigenvalue weighted by molar-refractivity contribution is 0.397. The van der Waals surface area contributed by atoms with Crippen LogP contribution in [-0.4, -0.2) is 19.7 Å². The topological polar surface area (TPSA) is 21.3 Å². The second kappa shape index (κ2) is 6.67. The van der Waals surface area contributed by atoms with E-state index in [4.69, 9.17) is 4.74 Å². The first kappa shape index (κ1) is 14.1. The lowest BCUT2D eigenvalue weighted by Crippen LogP contribution is -2.34. The molecule has 3 heteroatoms. The highest BCUT2D eigenvalue weighted by atomic mass is 35.5. The molecular weight excluding hydrogens is 234 g/mol. The van der Waals surface area contributed by atoms with Crippen molar-refractivity contribution in [3.8, 4) is 5.75 Å². The Morgan fingerprint density at radius 1 is 1.53 bits per heavy atom. The first-order valence-corrected chi connectivity index (χ1v) is 5.84. The van der Waals surface area contributed by atoms with Crippen LogP contribution in [0, 0.1) is 0 Å². The molecule has 0 amide bonds. The van der Waals surface area contributed by atoms with Crippen molar-refractivity contribution in [3.05, 3.63) is 42.0 Å². The van der Waals surface area contributed by atoms with Crippen LogP contribution in [0.25, 0.3) is 0 Å². The Balaban J connectivity index is 0.00000144. The summed E-state index contributed by atoms with van der Waals surface area (Å²) in [6.07, 6.45) is 5.32. The van der Waals surface area contributed by atoms with Gasteiger partial charge in [0.1, 0.15) is 5.75 Å². The minimum Gasteiger partial charge on any atom is -0.496 e. The van der Waals surface area contributed by atoms with E-state index in [0.717, 1.165) is 25.1 Å². The Hall–Kier alpha value is -0.990. The van der Waals surface area contributed by atoms with Gasteiger partial charge in [-0.05, 0) is 36.5 Å². The molecular formula is C14H20ClNO. The second-order valence-electron chi connectivity index (χ2n) is 4.23. The number of benzene rings is 1. The summed E-state index contributed by atoms with van der Waals surface area (Å²) in [6, 6.07) is 6.90. The van der Waals surface area contributed by atoms with E-state index >= 15 is 0 Å². The SMILES string of the molecule is C=CCNC1CCc2cccc(OC)c2C1.Cl. The van der Waals surface area contributed by atoms with Crippen molar-refractivity contribution in [1.82, 2.24) is 5.32 Å². The van der Waals surface area contributed by atoms with Gasteiger partial charge in [-0.3, -0.25) is 0 Å². The van der Waals surface area contributed by atoms with Crippen LogP contribution in [0.4, 0.5) is 0 Å². The van der Waals surface area contributed by atoms with Crippen LogP contribution in [0.3, 0.4) is 0 Å². The zero-order valence-electron chi connectivity index (χ0n) is 10.2. The number of rotatable bonds is 4. The van der Waals surface area contributed by atoms with Crippen molar-refractivity contribution in [2.24, 2.45) is 0 Å². The predicted molar refractivity (Wildman–Crippen MR) is 74.3 cm³/mol. The van der Waals surface area contributed by atoms with Crippen molar-refractivity contribution in [2.75, 3.05) is 13.7 Å². The number of halogens is 1. The average Bonchev–Trinajstić information content (AvgIpc) is 2.35. The van der Waals surface area contributed by atoms with Gasteiger partial charge in [-0.1, -0.05) is 18.2 Å². The summed E-state index contributed by atoms with van der Waals surface area (Å²) >= 11 is 0. The molecule has 0 heterocycles. The molecule has 1 aromatic rings. The first-order chi connectivity index (χ1) is 7.85. The Kier molecular flexibility index (Phi) is 5.52. The number of hydrogen-bond donors (Lipinski definition) is 1. The van der Waals surface area contributed by atoms with E-state index in [1.54, 1.807) is 7.11 Å². The molecule has 1 N–H and O–H groups in total. The number of methoxy groups -OCH3 is 1. The van der Waals surface area contributed by atoms with E-state index in [0.29, 0.717) is 6.04 Å². The van der Waals surface area contributed by atoms with Crippen molar-refractivity contribution in [3.63, 3.8) is 0 Å². The average molecular weight is 254 g/mol. The van der Waals surface area contributed by atoms with Gasteiger partial charge < -0.3 is 10.1 Å². The maximum absolute atomic E-state index is 5.42. The number of aryl methyl sites for hydroxylation is 1. The third kappa shape index (κ3) is 3.24. The molecule has 0 aromatic heterocycles. The molecule has 1 atom stereocenters. The molecule has 0 saturated heterocycles. The molecule has 0 saturated carbocycles. The quantitative estimate of drug-likeness (QED) is 0.834. The third-order valence-corrected chi connectivity index (χ3v) is 3.21. The fourth-order valence-corrected chi connectivity index (χ4v) is 2.37. The Labute approximate surface area is 109 Å². The van der Waals surface area contributed by atoms with Crippen LogP contribution in [0.15, 0.2) is 30.9 Å². The van der Waals surface area contributed by atoms with Crippen LogP contribution >= 0.6 is 12.4 Å². The van der Waals surface area contributed by atoms with E-state index < -0.39 is 0 Å². The van der Waals surface area contributed by atoms with E-state index in [1.807, 2.05) is 6.08 Å². The van der Waals surface area contributed by atoms with Gasteiger partial charge >= 0.3 is 0 Å². The zero-order chi connectivity index (χ0) is 11.4. The van der Waals surface area contributed by atoms with Gasteiger partial charge in [-0.25, -0.2) is 0 Å². The van der Waals surface area contributed by atoms with Gasteiger partial charge in [0.15, 0.2) is 0 Å². The molecule has 0 radical (unpaired) electrons. The van der Waals surface area contributed by atoms with E-state index in [2.05, 4.69) is 30.1 Å².